The van der Waals surface area contributed by atoms with Gasteiger partial charge < -0.3 is 20.9 Å². The minimum atomic E-state index is 0.244. The fourth-order valence-electron chi connectivity index (χ4n) is 2.62. The molecule has 2 rings (SSSR count). The highest BCUT2D eigenvalue weighted by Gasteiger charge is 2.24. The van der Waals surface area contributed by atoms with Gasteiger partial charge in [-0.2, -0.15) is 0 Å². The molecular formula is C14H22N2O2. The van der Waals surface area contributed by atoms with Gasteiger partial charge in [-0.25, -0.2) is 0 Å². The van der Waals surface area contributed by atoms with Gasteiger partial charge in [-0.15, -0.1) is 0 Å². The van der Waals surface area contributed by atoms with E-state index in [1.165, 1.54) is 12.8 Å². The van der Waals surface area contributed by atoms with Crippen molar-refractivity contribution >= 4 is 11.4 Å². The molecule has 2 unspecified atom stereocenters. The lowest BCUT2D eigenvalue weighted by Gasteiger charge is -2.32. The highest BCUT2D eigenvalue weighted by atomic mass is 16.5. The first-order chi connectivity index (χ1) is 8.74. The van der Waals surface area contributed by atoms with E-state index in [0.29, 0.717) is 17.6 Å². The predicted molar refractivity (Wildman–Crippen MR) is 73.9 cm³/mol. The fourth-order valence-corrected chi connectivity index (χ4v) is 2.62. The molecule has 4 nitrogen and oxygen atoms in total. The van der Waals surface area contributed by atoms with Crippen LogP contribution in [0, 0.1) is 5.92 Å². The number of aliphatic hydroxyl groups excluding tert-OH is 1. The van der Waals surface area contributed by atoms with Gasteiger partial charge in [-0.05, 0) is 25.0 Å². The van der Waals surface area contributed by atoms with Crippen LogP contribution in [0.25, 0.3) is 0 Å². The quantitative estimate of drug-likeness (QED) is 0.717. The molecule has 1 aromatic carbocycles. The van der Waals surface area contributed by atoms with Crippen LogP contribution in [-0.2, 0) is 0 Å². The second-order valence-corrected chi connectivity index (χ2v) is 4.93. The van der Waals surface area contributed by atoms with Crippen molar-refractivity contribution in [1.82, 2.24) is 0 Å². The zero-order chi connectivity index (χ0) is 13.0. The third-order valence-corrected chi connectivity index (χ3v) is 3.74. The Bertz CT molecular complexity index is 395. The van der Waals surface area contributed by atoms with E-state index in [-0.39, 0.29) is 6.61 Å². The molecule has 1 saturated carbocycles. The zero-order valence-corrected chi connectivity index (χ0v) is 10.9. The van der Waals surface area contributed by atoms with Gasteiger partial charge in [0.25, 0.3) is 0 Å². The largest absolute Gasteiger partial charge is 0.497 e. The summed E-state index contributed by atoms with van der Waals surface area (Å²) in [5, 5.41) is 12.9. The van der Waals surface area contributed by atoms with E-state index in [4.69, 9.17) is 10.5 Å². The molecule has 0 spiro atoms. The van der Waals surface area contributed by atoms with Crippen molar-refractivity contribution in [1.29, 1.82) is 0 Å². The summed E-state index contributed by atoms with van der Waals surface area (Å²) in [5.41, 5.74) is 7.62. The van der Waals surface area contributed by atoms with Gasteiger partial charge in [0.1, 0.15) is 5.75 Å². The van der Waals surface area contributed by atoms with E-state index in [1.54, 1.807) is 7.11 Å². The lowest BCUT2D eigenvalue weighted by Crippen LogP contribution is -2.34. The molecule has 1 aliphatic carbocycles. The first-order valence-electron chi connectivity index (χ1n) is 6.55. The Kier molecular flexibility index (Phi) is 4.31. The van der Waals surface area contributed by atoms with Crippen LogP contribution < -0.4 is 15.8 Å². The summed E-state index contributed by atoms with van der Waals surface area (Å²) in [5.74, 6) is 1.10. The Hall–Kier alpha value is -1.42. The molecule has 1 aliphatic rings. The number of nitrogens with one attached hydrogen (secondary N) is 1. The molecular weight excluding hydrogens is 228 g/mol. The summed E-state index contributed by atoms with van der Waals surface area (Å²) in [4.78, 5) is 0. The second-order valence-electron chi connectivity index (χ2n) is 4.93. The average Bonchev–Trinajstić information content (AvgIpc) is 2.41. The van der Waals surface area contributed by atoms with Crippen molar-refractivity contribution in [3.05, 3.63) is 18.2 Å². The Balaban J connectivity index is 2.07. The number of ether oxygens (including phenoxy) is 1. The molecule has 4 heteroatoms. The smallest absolute Gasteiger partial charge is 0.121 e. The van der Waals surface area contributed by atoms with Crippen LogP contribution in [0.3, 0.4) is 0 Å². The average molecular weight is 250 g/mol. The summed E-state index contributed by atoms with van der Waals surface area (Å²) in [6.07, 6.45) is 4.60. The van der Waals surface area contributed by atoms with Crippen LogP contribution in [0.2, 0.25) is 0 Å². The lowest BCUT2D eigenvalue weighted by atomic mass is 9.85. The van der Waals surface area contributed by atoms with Gasteiger partial charge >= 0.3 is 0 Å². The SMILES string of the molecule is COc1ccc(NC2CCCCC2CO)c(N)c1. The van der Waals surface area contributed by atoms with Crippen molar-refractivity contribution in [3.8, 4) is 5.75 Å². The molecule has 1 aromatic rings. The van der Waals surface area contributed by atoms with E-state index >= 15 is 0 Å². The number of nitrogen functional groups attached to an aromatic ring is 1. The Morgan fingerprint density at radius 3 is 2.83 bits per heavy atom. The molecule has 0 amide bonds. The molecule has 0 aromatic heterocycles. The van der Waals surface area contributed by atoms with Crippen LogP contribution >= 0.6 is 0 Å². The summed E-state index contributed by atoms with van der Waals surface area (Å²) in [7, 11) is 1.63. The summed E-state index contributed by atoms with van der Waals surface area (Å²) < 4.78 is 5.13. The molecule has 0 bridgehead atoms. The minimum Gasteiger partial charge on any atom is -0.497 e. The molecule has 18 heavy (non-hydrogen) atoms. The number of methoxy groups -OCH3 is 1. The summed E-state index contributed by atoms with van der Waals surface area (Å²) in [6, 6.07) is 5.98. The molecule has 0 radical (unpaired) electrons. The standard InChI is InChI=1S/C14H22N2O2/c1-18-11-6-7-14(12(15)8-11)16-13-5-3-2-4-10(13)9-17/h6-8,10,13,16-17H,2-5,9,15H2,1H3. The molecule has 0 heterocycles. The molecule has 0 aliphatic heterocycles. The van der Waals surface area contributed by atoms with E-state index in [9.17, 15) is 5.11 Å². The van der Waals surface area contributed by atoms with E-state index < -0.39 is 0 Å². The number of aliphatic hydroxyl groups is 1. The van der Waals surface area contributed by atoms with Crippen molar-refractivity contribution < 1.29 is 9.84 Å². The van der Waals surface area contributed by atoms with Crippen LogP contribution in [0.4, 0.5) is 11.4 Å². The summed E-state index contributed by atoms with van der Waals surface area (Å²) >= 11 is 0. The molecule has 1 fully saturated rings. The number of rotatable bonds is 4. The van der Waals surface area contributed by atoms with E-state index in [2.05, 4.69) is 5.32 Å². The van der Waals surface area contributed by atoms with Gasteiger partial charge in [-0.3, -0.25) is 0 Å². The first-order valence-corrected chi connectivity index (χ1v) is 6.55. The highest BCUT2D eigenvalue weighted by molar-refractivity contribution is 5.68. The van der Waals surface area contributed by atoms with Crippen LogP contribution in [-0.4, -0.2) is 24.9 Å². The minimum absolute atomic E-state index is 0.244. The van der Waals surface area contributed by atoms with E-state index in [1.807, 2.05) is 18.2 Å². The van der Waals surface area contributed by atoms with E-state index in [0.717, 1.165) is 24.3 Å². The summed E-state index contributed by atoms with van der Waals surface area (Å²) in [6.45, 7) is 0.244. The Morgan fingerprint density at radius 2 is 2.17 bits per heavy atom. The van der Waals surface area contributed by atoms with Gasteiger partial charge in [0, 0.05) is 24.6 Å². The predicted octanol–water partition coefficient (Wildman–Crippen LogP) is 2.24. The molecule has 4 N–H and O–H groups in total. The third kappa shape index (κ3) is 2.88. The van der Waals surface area contributed by atoms with Crippen LogP contribution in [0.5, 0.6) is 5.75 Å². The fraction of sp³-hybridized carbons (Fsp3) is 0.571. The molecule has 100 valence electrons. The van der Waals surface area contributed by atoms with Crippen molar-refractivity contribution in [2.45, 2.75) is 31.7 Å². The monoisotopic (exact) mass is 250 g/mol. The van der Waals surface area contributed by atoms with Gasteiger partial charge in [0.2, 0.25) is 0 Å². The van der Waals surface area contributed by atoms with Crippen LogP contribution in [0.1, 0.15) is 25.7 Å². The number of nitrogens with two attached hydrogens (primary N) is 1. The number of hydrogen-bond acceptors (Lipinski definition) is 4. The molecule has 2 atom stereocenters. The topological polar surface area (TPSA) is 67.5 Å². The number of benzene rings is 1. The third-order valence-electron chi connectivity index (χ3n) is 3.74. The van der Waals surface area contributed by atoms with Gasteiger partial charge in [0.15, 0.2) is 0 Å². The normalized spacial score (nSPS) is 23.7. The Labute approximate surface area is 108 Å². The van der Waals surface area contributed by atoms with Gasteiger partial charge in [-0.1, -0.05) is 12.8 Å². The van der Waals surface area contributed by atoms with Crippen molar-refractivity contribution in [2.24, 2.45) is 5.92 Å². The number of hydrogen-bond donors (Lipinski definition) is 3. The number of anilines is 2. The highest BCUT2D eigenvalue weighted by Crippen LogP contribution is 2.30. The zero-order valence-electron chi connectivity index (χ0n) is 10.9. The maximum atomic E-state index is 9.40. The van der Waals surface area contributed by atoms with Gasteiger partial charge in [0.05, 0.1) is 18.5 Å². The first kappa shape index (κ1) is 13.0. The van der Waals surface area contributed by atoms with Crippen molar-refractivity contribution in [2.75, 3.05) is 24.8 Å². The Morgan fingerprint density at radius 1 is 1.39 bits per heavy atom. The molecule has 0 saturated heterocycles. The van der Waals surface area contributed by atoms with Crippen molar-refractivity contribution in [3.63, 3.8) is 0 Å². The lowest BCUT2D eigenvalue weighted by molar-refractivity contribution is 0.178. The second kappa shape index (κ2) is 5.96. The maximum absolute atomic E-state index is 9.40. The van der Waals surface area contributed by atoms with Crippen LogP contribution in [0.15, 0.2) is 18.2 Å². The maximum Gasteiger partial charge on any atom is 0.121 e.